The van der Waals surface area contributed by atoms with Crippen LogP contribution in [-0.2, 0) is 14.3 Å². The molecular formula is C33H32BrNO6. The molecule has 3 aromatic carbocycles. The van der Waals surface area contributed by atoms with Gasteiger partial charge in [-0.05, 0) is 77.5 Å². The molecule has 1 heterocycles. The Kier molecular flexibility index (Phi) is 8.78. The molecule has 2 atom stereocenters. The largest absolute Gasteiger partial charge is 0.503 e. The smallest absolute Gasteiger partial charge is 0.336 e. The Bertz CT molecular complexity index is 1500. The lowest BCUT2D eigenvalue weighted by Crippen LogP contribution is -2.36. The number of carbonyl (C=O) groups is 2. The van der Waals surface area contributed by atoms with E-state index in [0.29, 0.717) is 52.1 Å². The van der Waals surface area contributed by atoms with Crippen LogP contribution in [0, 0.1) is 0 Å². The summed E-state index contributed by atoms with van der Waals surface area (Å²) in [5.41, 5.74) is 4.04. The molecule has 8 heteroatoms. The van der Waals surface area contributed by atoms with Gasteiger partial charge in [-0.1, -0.05) is 48.5 Å². The fraction of sp³-hybridized carbons (Fsp3) is 0.273. The number of benzene rings is 3. The number of ether oxygens (including phenoxy) is 3. The van der Waals surface area contributed by atoms with Crippen molar-refractivity contribution in [3.63, 3.8) is 0 Å². The highest BCUT2D eigenvalue weighted by Crippen LogP contribution is 2.48. The molecule has 0 radical (unpaired) electrons. The molecule has 41 heavy (non-hydrogen) atoms. The molecule has 5 rings (SSSR count). The molecule has 1 aliphatic heterocycles. The van der Waals surface area contributed by atoms with Crippen LogP contribution in [0.5, 0.6) is 17.2 Å². The van der Waals surface area contributed by atoms with Gasteiger partial charge in [0, 0.05) is 29.3 Å². The second-order valence-corrected chi connectivity index (χ2v) is 10.9. The summed E-state index contributed by atoms with van der Waals surface area (Å²) in [6, 6.07) is 22.7. The summed E-state index contributed by atoms with van der Waals surface area (Å²) in [6.45, 7) is 4.21. The van der Waals surface area contributed by atoms with Gasteiger partial charge in [0.05, 0.1) is 16.7 Å². The maximum absolute atomic E-state index is 13.9. The number of phenols is 1. The molecule has 0 fully saturated rings. The SMILES string of the molecule is CCOc1cc([C@H]2C(C(=O)OCCOc3ccccc3)=C(C)NC3=C2C(=O)C[C@H](c2ccccc2)C3)cc(Br)c1O. The maximum atomic E-state index is 13.9. The van der Waals surface area contributed by atoms with Crippen LogP contribution in [0.25, 0.3) is 0 Å². The predicted molar refractivity (Wildman–Crippen MR) is 159 cm³/mol. The molecule has 0 unspecified atom stereocenters. The van der Waals surface area contributed by atoms with Crippen molar-refractivity contribution in [2.24, 2.45) is 0 Å². The third-order valence-electron chi connectivity index (χ3n) is 7.33. The van der Waals surface area contributed by atoms with E-state index in [1.54, 1.807) is 12.1 Å². The number of para-hydroxylation sites is 1. The molecule has 2 N–H and O–H groups in total. The van der Waals surface area contributed by atoms with Crippen LogP contribution in [0.3, 0.4) is 0 Å². The van der Waals surface area contributed by atoms with E-state index in [2.05, 4.69) is 21.2 Å². The average molecular weight is 619 g/mol. The van der Waals surface area contributed by atoms with Gasteiger partial charge >= 0.3 is 5.97 Å². The first-order valence-electron chi connectivity index (χ1n) is 13.7. The van der Waals surface area contributed by atoms with Gasteiger partial charge in [-0.3, -0.25) is 4.79 Å². The highest BCUT2D eigenvalue weighted by molar-refractivity contribution is 9.10. The van der Waals surface area contributed by atoms with Crippen molar-refractivity contribution >= 4 is 27.7 Å². The standard InChI is InChI=1S/C33H32BrNO6/c1-3-39-28-19-23(16-25(34)32(28)37)30-29(33(38)41-15-14-40-24-12-8-5-9-13-24)20(2)35-26-17-22(18-27(36)31(26)30)21-10-6-4-7-11-21/h4-13,16,19,22,30,35,37H,3,14-15,17-18H2,1-2H3/t22-,30+/m1/s1. The number of dihydropyridines is 1. The van der Waals surface area contributed by atoms with Crippen LogP contribution < -0.4 is 14.8 Å². The van der Waals surface area contributed by atoms with Gasteiger partial charge in [0.2, 0.25) is 0 Å². The Morgan fingerprint density at radius 3 is 2.39 bits per heavy atom. The number of allylic oxidation sites excluding steroid dienone is 3. The van der Waals surface area contributed by atoms with E-state index in [1.165, 1.54) is 0 Å². The Hall–Kier alpha value is -4.04. The summed E-state index contributed by atoms with van der Waals surface area (Å²) in [5, 5.41) is 14.0. The number of aromatic hydroxyl groups is 1. The average Bonchev–Trinajstić information content (AvgIpc) is 2.97. The van der Waals surface area contributed by atoms with E-state index in [9.17, 15) is 14.7 Å². The first-order valence-corrected chi connectivity index (χ1v) is 14.5. The topological polar surface area (TPSA) is 94.1 Å². The monoisotopic (exact) mass is 617 g/mol. The fourth-order valence-corrected chi connectivity index (χ4v) is 5.98. The van der Waals surface area contributed by atoms with Gasteiger partial charge in [-0.15, -0.1) is 0 Å². The molecule has 0 saturated heterocycles. The van der Waals surface area contributed by atoms with Crippen LogP contribution in [-0.4, -0.2) is 36.7 Å². The zero-order chi connectivity index (χ0) is 28.9. The highest BCUT2D eigenvalue weighted by atomic mass is 79.9. The van der Waals surface area contributed by atoms with Crippen LogP contribution in [0.1, 0.15) is 49.7 Å². The van der Waals surface area contributed by atoms with E-state index < -0.39 is 11.9 Å². The minimum Gasteiger partial charge on any atom is -0.503 e. The number of rotatable bonds is 9. The summed E-state index contributed by atoms with van der Waals surface area (Å²) < 4.78 is 17.5. The number of hydrogen-bond acceptors (Lipinski definition) is 7. The van der Waals surface area contributed by atoms with Crippen molar-refractivity contribution < 1.29 is 28.9 Å². The molecule has 0 aromatic heterocycles. The van der Waals surface area contributed by atoms with E-state index >= 15 is 0 Å². The van der Waals surface area contributed by atoms with Crippen LogP contribution in [0.15, 0.2) is 99.8 Å². The van der Waals surface area contributed by atoms with Gasteiger partial charge in [-0.2, -0.15) is 0 Å². The highest BCUT2D eigenvalue weighted by Gasteiger charge is 2.42. The van der Waals surface area contributed by atoms with Gasteiger partial charge in [0.15, 0.2) is 17.3 Å². The second-order valence-electron chi connectivity index (χ2n) is 10.0. The normalized spacial score (nSPS) is 18.5. The van der Waals surface area contributed by atoms with Crippen molar-refractivity contribution in [3.05, 3.63) is 111 Å². The van der Waals surface area contributed by atoms with Crippen molar-refractivity contribution in [1.82, 2.24) is 5.32 Å². The summed E-state index contributed by atoms with van der Waals surface area (Å²) in [4.78, 5) is 27.5. The number of Topliss-reactive ketones (excluding diaryl/α,β-unsaturated/α-hetero) is 1. The molecule has 0 amide bonds. The first kappa shape index (κ1) is 28.5. The predicted octanol–water partition coefficient (Wildman–Crippen LogP) is 6.54. The summed E-state index contributed by atoms with van der Waals surface area (Å²) >= 11 is 3.43. The molecule has 0 spiro atoms. The summed E-state index contributed by atoms with van der Waals surface area (Å²) in [6.07, 6.45) is 0.953. The fourth-order valence-electron chi connectivity index (χ4n) is 5.52. The molecule has 3 aromatic rings. The number of nitrogens with one attached hydrogen (secondary N) is 1. The molecule has 0 saturated carbocycles. The van der Waals surface area contributed by atoms with Crippen molar-refractivity contribution in [1.29, 1.82) is 0 Å². The second kappa shape index (κ2) is 12.6. The minimum atomic E-state index is -0.700. The third-order valence-corrected chi connectivity index (χ3v) is 7.94. The zero-order valence-corrected chi connectivity index (χ0v) is 24.6. The molecule has 1 aliphatic carbocycles. The van der Waals surface area contributed by atoms with Crippen molar-refractivity contribution in [3.8, 4) is 17.2 Å². The Morgan fingerprint density at radius 2 is 1.68 bits per heavy atom. The lowest BCUT2D eigenvalue weighted by molar-refractivity contribution is -0.140. The number of phenolic OH excluding ortho intramolecular Hbond substituents is 1. The van der Waals surface area contributed by atoms with Crippen LogP contribution in [0.4, 0.5) is 0 Å². The molecule has 212 valence electrons. The summed E-state index contributed by atoms with van der Waals surface area (Å²) in [7, 11) is 0. The van der Waals surface area contributed by atoms with Gasteiger partial charge in [0.1, 0.15) is 19.0 Å². The van der Waals surface area contributed by atoms with E-state index in [-0.39, 0.29) is 36.4 Å². The van der Waals surface area contributed by atoms with E-state index in [0.717, 1.165) is 11.3 Å². The zero-order valence-electron chi connectivity index (χ0n) is 23.0. The molecule has 7 nitrogen and oxygen atoms in total. The number of halogens is 1. The third kappa shape index (κ3) is 6.17. The number of esters is 1. The van der Waals surface area contributed by atoms with Gasteiger partial charge in [0.25, 0.3) is 0 Å². The Labute approximate surface area is 248 Å². The van der Waals surface area contributed by atoms with Crippen molar-refractivity contribution in [2.75, 3.05) is 19.8 Å². The maximum Gasteiger partial charge on any atom is 0.336 e. The number of hydrogen-bond donors (Lipinski definition) is 2. The quantitative estimate of drug-likeness (QED) is 0.208. The van der Waals surface area contributed by atoms with Gasteiger partial charge in [-0.25, -0.2) is 4.79 Å². The minimum absolute atomic E-state index is 0.0255. The van der Waals surface area contributed by atoms with Crippen molar-refractivity contribution in [2.45, 2.75) is 38.5 Å². The number of carbonyl (C=O) groups excluding carboxylic acids is 2. The van der Waals surface area contributed by atoms with Crippen LogP contribution in [0.2, 0.25) is 0 Å². The lowest BCUT2D eigenvalue weighted by atomic mass is 9.71. The number of ketones is 1. The van der Waals surface area contributed by atoms with Crippen LogP contribution >= 0.6 is 15.9 Å². The summed E-state index contributed by atoms with van der Waals surface area (Å²) in [5.74, 6) is -0.338. The molecular weight excluding hydrogens is 586 g/mol. The van der Waals surface area contributed by atoms with E-state index in [1.807, 2.05) is 74.5 Å². The lowest BCUT2D eigenvalue weighted by Gasteiger charge is -2.37. The van der Waals surface area contributed by atoms with E-state index in [4.69, 9.17) is 14.2 Å². The Morgan fingerprint density at radius 1 is 0.976 bits per heavy atom. The first-order chi connectivity index (χ1) is 19.9. The molecule has 2 aliphatic rings. The molecule has 0 bridgehead atoms. The Balaban J connectivity index is 1.48. The van der Waals surface area contributed by atoms with Gasteiger partial charge < -0.3 is 24.6 Å².